The third-order valence-electron chi connectivity index (χ3n) is 2.99. The molecule has 6 heteroatoms. The lowest BCUT2D eigenvalue weighted by molar-refractivity contribution is 0.00291. The Morgan fingerprint density at radius 2 is 2.11 bits per heavy atom. The van der Waals surface area contributed by atoms with Crippen LogP contribution in [0.1, 0.15) is 19.8 Å². The number of rotatable bonds is 6. The number of hydrogen-bond donors (Lipinski definition) is 2. The van der Waals surface area contributed by atoms with E-state index in [1.165, 1.54) is 0 Å². The summed E-state index contributed by atoms with van der Waals surface area (Å²) in [6, 6.07) is 2.41. The lowest BCUT2D eigenvalue weighted by atomic mass is 9.89. The van der Waals surface area contributed by atoms with Crippen LogP contribution in [0.4, 0.5) is 11.6 Å². The first-order valence-corrected chi connectivity index (χ1v) is 7.46. The zero-order valence-electron chi connectivity index (χ0n) is 11.1. The number of anilines is 2. The zero-order chi connectivity index (χ0) is 13.0. The van der Waals surface area contributed by atoms with Crippen LogP contribution in [0.3, 0.4) is 0 Å². The second-order valence-electron chi connectivity index (χ2n) is 4.27. The van der Waals surface area contributed by atoms with Crippen LogP contribution in [0.5, 0.6) is 0 Å². The van der Waals surface area contributed by atoms with Gasteiger partial charge in [0.1, 0.15) is 11.6 Å². The van der Waals surface area contributed by atoms with Crippen molar-refractivity contribution in [2.45, 2.75) is 37.1 Å². The number of aromatic nitrogens is 2. The number of hydrogen-bond acceptors (Lipinski definition) is 6. The van der Waals surface area contributed by atoms with Gasteiger partial charge in [0.25, 0.3) is 0 Å². The first-order chi connectivity index (χ1) is 8.75. The summed E-state index contributed by atoms with van der Waals surface area (Å²) >= 11 is 1.55. The smallest absolute Gasteiger partial charge is 0.191 e. The Labute approximate surface area is 112 Å². The molecule has 0 spiro atoms. The second kappa shape index (κ2) is 6.24. The van der Waals surface area contributed by atoms with Crippen molar-refractivity contribution in [3.63, 3.8) is 0 Å². The van der Waals surface area contributed by atoms with Crippen LogP contribution in [-0.2, 0) is 4.74 Å². The highest BCUT2D eigenvalue weighted by Gasteiger charge is 2.29. The number of ether oxygens (including phenoxy) is 1. The molecular weight excluding hydrogens is 248 g/mol. The van der Waals surface area contributed by atoms with Crippen LogP contribution in [-0.4, -0.2) is 42.0 Å². The molecule has 0 radical (unpaired) electrons. The predicted octanol–water partition coefficient (Wildman–Crippen LogP) is 2.22. The third-order valence-corrected chi connectivity index (χ3v) is 3.54. The first kappa shape index (κ1) is 13.4. The first-order valence-electron chi connectivity index (χ1n) is 6.24. The zero-order valence-corrected chi connectivity index (χ0v) is 11.9. The molecule has 1 heterocycles. The van der Waals surface area contributed by atoms with Crippen molar-refractivity contribution in [2.75, 3.05) is 30.5 Å². The fourth-order valence-electron chi connectivity index (χ4n) is 1.98. The molecule has 1 aromatic heterocycles. The van der Waals surface area contributed by atoms with Crippen LogP contribution in [0.25, 0.3) is 0 Å². The van der Waals surface area contributed by atoms with E-state index in [4.69, 9.17) is 4.74 Å². The summed E-state index contributed by atoms with van der Waals surface area (Å²) in [6.45, 7) is 2.83. The maximum Gasteiger partial charge on any atom is 0.191 e. The molecule has 0 aliphatic heterocycles. The molecule has 5 nitrogen and oxygen atoms in total. The molecule has 18 heavy (non-hydrogen) atoms. The fourth-order valence-corrected chi connectivity index (χ4v) is 2.36. The van der Waals surface area contributed by atoms with Crippen molar-refractivity contribution in [2.24, 2.45) is 0 Å². The second-order valence-corrected chi connectivity index (χ2v) is 5.04. The van der Waals surface area contributed by atoms with Gasteiger partial charge in [-0.3, -0.25) is 0 Å². The number of nitrogens with one attached hydrogen (secondary N) is 2. The lowest BCUT2D eigenvalue weighted by Gasteiger charge is -2.35. The Hall–Kier alpha value is -1.01. The van der Waals surface area contributed by atoms with E-state index < -0.39 is 0 Å². The highest BCUT2D eigenvalue weighted by Crippen LogP contribution is 2.27. The third kappa shape index (κ3) is 3.26. The Bertz CT molecular complexity index is 373. The average Bonchev–Trinajstić information content (AvgIpc) is 2.35. The van der Waals surface area contributed by atoms with Crippen LogP contribution in [0.2, 0.25) is 0 Å². The highest BCUT2D eigenvalue weighted by molar-refractivity contribution is 7.98. The molecule has 0 atom stereocenters. The maximum atomic E-state index is 5.55. The maximum absolute atomic E-state index is 5.55. The molecule has 1 saturated carbocycles. The molecule has 2 rings (SSSR count). The van der Waals surface area contributed by atoms with Gasteiger partial charge in [0, 0.05) is 25.8 Å². The standard InChI is InChI=1S/C12H20N4OS/c1-4-17-9-5-8(6-9)14-11-7-10(13-2)15-12(16-11)18-3/h7-9H,4-6H2,1-3H3,(H2,13,14,15,16). The van der Waals surface area contributed by atoms with Crippen molar-refractivity contribution in [1.82, 2.24) is 9.97 Å². The topological polar surface area (TPSA) is 59.1 Å². The van der Waals surface area contributed by atoms with Crippen molar-refractivity contribution in [3.8, 4) is 0 Å². The molecule has 100 valence electrons. The molecule has 0 unspecified atom stereocenters. The van der Waals surface area contributed by atoms with Gasteiger partial charge < -0.3 is 15.4 Å². The largest absolute Gasteiger partial charge is 0.378 e. The lowest BCUT2D eigenvalue weighted by Crippen LogP contribution is -2.41. The van der Waals surface area contributed by atoms with Crippen LogP contribution < -0.4 is 10.6 Å². The van der Waals surface area contributed by atoms with Crippen molar-refractivity contribution >= 4 is 23.4 Å². The number of nitrogens with zero attached hydrogens (tertiary/aromatic N) is 2. The van der Waals surface area contributed by atoms with Crippen molar-refractivity contribution < 1.29 is 4.74 Å². The molecule has 1 fully saturated rings. The van der Waals surface area contributed by atoms with E-state index >= 15 is 0 Å². The van der Waals surface area contributed by atoms with E-state index in [2.05, 4.69) is 20.6 Å². The van der Waals surface area contributed by atoms with Crippen LogP contribution in [0, 0.1) is 0 Å². The molecule has 0 bridgehead atoms. The Morgan fingerprint density at radius 1 is 1.39 bits per heavy atom. The van der Waals surface area contributed by atoms with Gasteiger partial charge in [-0.25, -0.2) is 9.97 Å². The van der Waals surface area contributed by atoms with E-state index in [0.717, 1.165) is 36.2 Å². The van der Waals surface area contributed by atoms with Gasteiger partial charge in [0.2, 0.25) is 0 Å². The molecule has 0 amide bonds. The van der Waals surface area contributed by atoms with Gasteiger partial charge in [-0.2, -0.15) is 0 Å². The summed E-state index contributed by atoms with van der Waals surface area (Å²) in [4.78, 5) is 8.79. The van der Waals surface area contributed by atoms with E-state index in [9.17, 15) is 0 Å². The summed E-state index contributed by atoms with van der Waals surface area (Å²) < 4.78 is 5.55. The minimum absolute atomic E-state index is 0.415. The highest BCUT2D eigenvalue weighted by atomic mass is 32.2. The summed E-state index contributed by atoms with van der Waals surface area (Å²) in [5, 5.41) is 7.27. The van der Waals surface area contributed by atoms with E-state index in [-0.39, 0.29) is 0 Å². The molecule has 2 N–H and O–H groups in total. The SMILES string of the molecule is CCOC1CC(Nc2cc(NC)nc(SC)n2)C1. The number of thioether (sulfide) groups is 1. The van der Waals surface area contributed by atoms with E-state index in [1.807, 2.05) is 26.3 Å². The molecule has 0 saturated heterocycles. The van der Waals surface area contributed by atoms with Crippen molar-refractivity contribution in [3.05, 3.63) is 6.07 Å². The summed E-state index contributed by atoms with van der Waals surface area (Å²) in [5.41, 5.74) is 0. The van der Waals surface area contributed by atoms with E-state index in [1.54, 1.807) is 11.8 Å². The quantitative estimate of drug-likeness (QED) is 0.609. The van der Waals surface area contributed by atoms with Gasteiger partial charge in [-0.15, -0.1) is 0 Å². The van der Waals surface area contributed by atoms with Gasteiger partial charge in [0.05, 0.1) is 6.10 Å². The fraction of sp³-hybridized carbons (Fsp3) is 0.667. The Morgan fingerprint density at radius 3 is 2.72 bits per heavy atom. The molecule has 0 aromatic carbocycles. The average molecular weight is 268 g/mol. The van der Waals surface area contributed by atoms with E-state index in [0.29, 0.717) is 12.1 Å². The Balaban J connectivity index is 1.93. The summed E-state index contributed by atoms with van der Waals surface area (Å²) in [6.07, 6.45) is 4.51. The van der Waals surface area contributed by atoms with Crippen molar-refractivity contribution in [1.29, 1.82) is 0 Å². The van der Waals surface area contributed by atoms with Crippen LogP contribution >= 0.6 is 11.8 Å². The van der Waals surface area contributed by atoms with Crippen LogP contribution in [0.15, 0.2) is 11.2 Å². The predicted molar refractivity (Wildman–Crippen MR) is 75.4 cm³/mol. The van der Waals surface area contributed by atoms with Gasteiger partial charge in [0.15, 0.2) is 5.16 Å². The summed E-state index contributed by atoms with van der Waals surface area (Å²) in [7, 11) is 1.87. The molecule has 1 aliphatic carbocycles. The summed E-state index contributed by atoms with van der Waals surface area (Å²) in [5.74, 6) is 1.73. The molecule has 1 aliphatic rings. The molecule has 1 aromatic rings. The monoisotopic (exact) mass is 268 g/mol. The minimum Gasteiger partial charge on any atom is -0.378 e. The van der Waals surface area contributed by atoms with Gasteiger partial charge in [-0.1, -0.05) is 11.8 Å². The Kier molecular flexibility index (Phi) is 4.66. The minimum atomic E-state index is 0.415. The normalized spacial score (nSPS) is 22.4. The molecular formula is C12H20N4OS. The van der Waals surface area contributed by atoms with Gasteiger partial charge in [-0.05, 0) is 26.0 Å². The van der Waals surface area contributed by atoms with Gasteiger partial charge >= 0.3 is 0 Å².